The zero-order chi connectivity index (χ0) is 15.2. The lowest BCUT2D eigenvalue weighted by molar-refractivity contribution is -0.130. The standard InChI is InChI=1S/C16H21NO4/c1-12(7-8-18)9-15(19)17-14(11-21-16(17)20)10-13-5-3-2-4-6-13/h2-6,12,14,18H,7-11H2,1H3/t12-,14?/m0/s1. The van der Waals surface area contributed by atoms with Crippen molar-refractivity contribution < 1.29 is 19.4 Å². The van der Waals surface area contributed by atoms with Gasteiger partial charge in [-0.3, -0.25) is 4.79 Å². The van der Waals surface area contributed by atoms with Crippen molar-refractivity contribution in [3.05, 3.63) is 35.9 Å². The second-order valence-corrected chi connectivity index (χ2v) is 5.51. The minimum atomic E-state index is -0.558. The number of benzene rings is 1. The predicted octanol–water partition coefficient (Wildman–Crippen LogP) is 1.99. The Labute approximate surface area is 124 Å². The number of carbonyl (C=O) groups excluding carboxylic acids is 2. The van der Waals surface area contributed by atoms with Gasteiger partial charge in [-0.15, -0.1) is 0 Å². The molecule has 0 bridgehead atoms. The molecule has 0 spiro atoms. The molecule has 0 saturated carbocycles. The van der Waals surface area contributed by atoms with E-state index >= 15 is 0 Å². The lowest BCUT2D eigenvalue weighted by atomic mass is 10.0. The van der Waals surface area contributed by atoms with Gasteiger partial charge in [-0.2, -0.15) is 0 Å². The summed E-state index contributed by atoms with van der Waals surface area (Å²) >= 11 is 0. The second kappa shape index (κ2) is 7.22. The van der Waals surface area contributed by atoms with Gasteiger partial charge in [0.15, 0.2) is 0 Å². The van der Waals surface area contributed by atoms with Crippen LogP contribution in [0.25, 0.3) is 0 Å². The van der Waals surface area contributed by atoms with E-state index in [1.807, 2.05) is 37.3 Å². The highest BCUT2D eigenvalue weighted by atomic mass is 16.6. The van der Waals surface area contributed by atoms with E-state index in [1.165, 1.54) is 4.90 Å². The summed E-state index contributed by atoms with van der Waals surface area (Å²) in [5, 5.41) is 8.90. The van der Waals surface area contributed by atoms with Crippen LogP contribution < -0.4 is 0 Å². The molecule has 1 heterocycles. The monoisotopic (exact) mass is 291 g/mol. The van der Waals surface area contributed by atoms with Gasteiger partial charge in [-0.1, -0.05) is 37.3 Å². The van der Waals surface area contributed by atoms with Gasteiger partial charge in [-0.05, 0) is 24.3 Å². The van der Waals surface area contributed by atoms with Gasteiger partial charge in [0, 0.05) is 13.0 Å². The maximum absolute atomic E-state index is 12.3. The molecular weight excluding hydrogens is 270 g/mol. The van der Waals surface area contributed by atoms with E-state index in [-0.39, 0.29) is 37.5 Å². The van der Waals surface area contributed by atoms with Gasteiger partial charge >= 0.3 is 6.09 Å². The van der Waals surface area contributed by atoms with Crippen molar-refractivity contribution in [3.63, 3.8) is 0 Å². The first-order valence-electron chi connectivity index (χ1n) is 7.25. The Bertz CT molecular complexity index is 488. The van der Waals surface area contributed by atoms with Crippen LogP contribution >= 0.6 is 0 Å². The fourth-order valence-corrected chi connectivity index (χ4v) is 2.52. The molecule has 114 valence electrons. The number of imide groups is 1. The Morgan fingerprint density at radius 2 is 2.14 bits per heavy atom. The fraction of sp³-hybridized carbons (Fsp3) is 0.500. The Balaban J connectivity index is 2.01. The van der Waals surface area contributed by atoms with Crippen LogP contribution in [-0.2, 0) is 16.0 Å². The number of carbonyl (C=O) groups is 2. The average Bonchev–Trinajstić information content (AvgIpc) is 2.81. The van der Waals surface area contributed by atoms with Crippen molar-refractivity contribution in [1.29, 1.82) is 0 Å². The number of rotatable bonds is 6. The largest absolute Gasteiger partial charge is 0.447 e. The predicted molar refractivity (Wildman–Crippen MR) is 77.6 cm³/mol. The van der Waals surface area contributed by atoms with E-state index in [4.69, 9.17) is 9.84 Å². The maximum Gasteiger partial charge on any atom is 0.416 e. The van der Waals surface area contributed by atoms with Gasteiger partial charge < -0.3 is 9.84 Å². The molecule has 0 aliphatic carbocycles. The van der Waals surface area contributed by atoms with Gasteiger partial charge in [0.05, 0.1) is 6.04 Å². The van der Waals surface area contributed by atoms with Crippen LogP contribution in [0.2, 0.25) is 0 Å². The summed E-state index contributed by atoms with van der Waals surface area (Å²) in [6.45, 7) is 2.18. The quantitative estimate of drug-likeness (QED) is 0.870. The number of cyclic esters (lactones) is 1. The fourth-order valence-electron chi connectivity index (χ4n) is 2.52. The van der Waals surface area contributed by atoms with E-state index in [0.29, 0.717) is 12.8 Å². The summed E-state index contributed by atoms with van der Waals surface area (Å²) in [6.07, 6.45) is 0.850. The smallest absolute Gasteiger partial charge is 0.416 e. The van der Waals surface area contributed by atoms with E-state index in [1.54, 1.807) is 0 Å². The Kier molecular flexibility index (Phi) is 5.33. The molecule has 1 aromatic rings. The van der Waals surface area contributed by atoms with E-state index in [2.05, 4.69) is 0 Å². The number of aliphatic hydroxyl groups excluding tert-OH is 1. The summed E-state index contributed by atoms with van der Waals surface area (Å²) in [7, 11) is 0. The van der Waals surface area contributed by atoms with E-state index < -0.39 is 6.09 Å². The first kappa shape index (κ1) is 15.5. The van der Waals surface area contributed by atoms with Gasteiger partial charge in [-0.25, -0.2) is 9.69 Å². The number of aliphatic hydroxyl groups is 1. The molecule has 1 unspecified atom stereocenters. The number of ether oxygens (including phenoxy) is 1. The van der Waals surface area contributed by atoms with Crippen molar-refractivity contribution in [2.75, 3.05) is 13.2 Å². The Morgan fingerprint density at radius 3 is 2.81 bits per heavy atom. The van der Waals surface area contributed by atoms with Gasteiger partial charge in [0.2, 0.25) is 5.91 Å². The first-order valence-corrected chi connectivity index (χ1v) is 7.25. The van der Waals surface area contributed by atoms with Gasteiger partial charge in [0.25, 0.3) is 0 Å². The molecule has 21 heavy (non-hydrogen) atoms. The molecule has 2 atom stereocenters. The van der Waals surface area contributed by atoms with Crippen LogP contribution in [0.3, 0.4) is 0 Å². The molecule has 5 heteroatoms. The zero-order valence-electron chi connectivity index (χ0n) is 12.2. The van der Waals surface area contributed by atoms with Crippen LogP contribution in [0.4, 0.5) is 4.79 Å². The molecule has 1 N–H and O–H groups in total. The summed E-state index contributed by atoms with van der Waals surface area (Å²) in [5.74, 6) is -0.173. The molecule has 1 aliphatic heterocycles. The first-order chi connectivity index (χ1) is 10.1. The molecule has 1 saturated heterocycles. The van der Waals surface area contributed by atoms with Gasteiger partial charge in [0.1, 0.15) is 6.61 Å². The molecule has 0 radical (unpaired) electrons. The van der Waals surface area contributed by atoms with E-state index in [9.17, 15) is 9.59 Å². The number of amides is 2. The zero-order valence-corrected chi connectivity index (χ0v) is 12.2. The third-order valence-corrected chi connectivity index (χ3v) is 3.69. The third kappa shape index (κ3) is 4.04. The van der Waals surface area contributed by atoms with Crippen molar-refractivity contribution in [2.24, 2.45) is 5.92 Å². The lowest BCUT2D eigenvalue weighted by Crippen LogP contribution is -2.40. The van der Waals surface area contributed by atoms with E-state index in [0.717, 1.165) is 5.56 Å². The maximum atomic E-state index is 12.3. The SMILES string of the molecule is C[C@@H](CCO)CC(=O)N1C(=O)OCC1Cc1ccccc1. The van der Waals surface area contributed by atoms with Crippen molar-refractivity contribution in [2.45, 2.75) is 32.2 Å². The van der Waals surface area contributed by atoms with Crippen LogP contribution in [0.15, 0.2) is 30.3 Å². The second-order valence-electron chi connectivity index (χ2n) is 5.51. The van der Waals surface area contributed by atoms with Crippen molar-refractivity contribution in [1.82, 2.24) is 4.90 Å². The Morgan fingerprint density at radius 1 is 1.43 bits per heavy atom. The van der Waals surface area contributed by atoms with Crippen molar-refractivity contribution in [3.8, 4) is 0 Å². The van der Waals surface area contributed by atoms with Crippen molar-refractivity contribution >= 4 is 12.0 Å². The highest BCUT2D eigenvalue weighted by Crippen LogP contribution is 2.20. The normalized spacial score (nSPS) is 19.4. The molecule has 5 nitrogen and oxygen atoms in total. The van der Waals surface area contributed by atoms with Crippen LogP contribution in [0, 0.1) is 5.92 Å². The summed E-state index contributed by atoms with van der Waals surface area (Å²) in [6, 6.07) is 9.50. The molecule has 2 rings (SSSR count). The number of hydrogen-bond acceptors (Lipinski definition) is 4. The topological polar surface area (TPSA) is 66.8 Å². The molecule has 1 aromatic carbocycles. The number of hydrogen-bond donors (Lipinski definition) is 1. The summed E-state index contributed by atoms with van der Waals surface area (Å²) in [4.78, 5) is 25.3. The minimum absolute atomic E-state index is 0.0480. The number of nitrogens with zero attached hydrogens (tertiary/aromatic N) is 1. The molecule has 1 fully saturated rings. The third-order valence-electron chi connectivity index (χ3n) is 3.69. The molecule has 2 amide bonds. The molecule has 0 aromatic heterocycles. The lowest BCUT2D eigenvalue weighted by Gasteiger charge is -2.21. The van der Waals surface area contributed by atoms with Crippen LogP contribution in [0.1, 0.15) is 25.3 Å². The van der Waals surface area contributed by atoms with Crippen LogP contribution in [-0.4, -0.2) is 41.3 Å². The average molecular weight is 291 g/mol. The molecular formula is C16H21NO4. The summed E-state index contributed by atoms with van der Waals surface area (Å²) in [5.41, 5.74) is 1.07. The highest BCUT2D eigenvalue weighted by molar-refractivity contribution is 5.93. The highest BCUT2D eigenvalue weighted by Gasteiger charge is 2.37. The minimum Gasteiger partial charge on any atom is -0.447 e. The summed E-state index contributed by atoms with van der Waals surface area (Å²) < 4.78 is 5.03. The molecule has 1 aliphatic rings. The Hall–Kier alpha value is -1.88. The van der Waals surface area contributed by atoms with Crippen LogP contribution in [0.5, 0.6) is 0 Å².